The van der Waals surface area contributed by atoms with Crippen LogP contribution in [0, 0.1) is 0 Å². The van der Waals surface area contributed by atoms with E-state index in [1.54, 1.807) is 0 Å². The Kier molecular flexibility index (Phi) is 4.27. The molecule has 0 atom stereocenters. The highest BCUT2D eigenvalue weighted by atomic mass is 32.1. The Balaban J connectivity index is 1.98. The van der Waals surface area contributed by atoms with Gasteiger partial charge < -0.3 is 15.0 Å². The van der Waals surface area contributed by atoms with Gasteiger partial charge in [0, 0.05) is 31.1 Å². The molecule has 0 spiro atoms. The van der Waals surface area contributed by atoms with Crippen LogP contribution in [0.25, 0.3) is 0 Å². The molecule has 1 aromatic heterocycles. The van der Waals surface area contributed by atoms with Gasteiger partial charge in [-0.05, 0) is 38.2 Å². The van der Waals surface area contributed by atoms with Crippen molar-refractivity contribution in [3.8, 4) is 0 Å². The smallest absolute Gasteiger partial charge is 0.341 e. The van der Waals surface area contributed by atoms with Crippen molar-refractivity contribution in [2.75, 3.05) is 37.7 Å². The lowest BCUT2D eigenvalue weighted by Gasteiger charge is -2.29. The maximum absolute atomic E-state index is 12.4. The van der Waals surface area contributed by atoms with Crippen molar-refractivity contribution in [2.24, 2.45) is 0 Å². The molecule has 2 heterocycles. The van der Waals surface area contributed by atoms with Gasteiger partial charge in [0.05, 0.1) is 12.2 Å². The molecule has 1 aromatic rings. The molecule has 0 saturated carbocycles. The highest BCUT2D eigenvalue weighted by Gasteiger charge is 2.29. The molecule has 3 rings (SSSR count). The first-order valence-electron chi connectivity index (χ1n) is 7.58. The van der Waals surface area contributed by atoms with Gasteiger partial charge in [-0.25, -0.2) is 4.79 Å². The van der Waals surface area contributed by atoms with Gasteiger partial charge in [0.15, 0.2) is 0 Å². The molecule has 4 nitrogen and oxygen atoms in total. The lowest BCUT2D eigenvalue weighted by Crippen LogP contribution is -2.43. The van der Waals surface area contributed by atoms with E-state index in [4.69, 9.17) is 4.74 Å². The zero-order valence-electron chi connectivity index (χ0n) is 12.0. The van der Waals surface area contributed by atoms with Crippen molar-refractivity contribution in [3.05, 3.63) is 16.0 Å². The Labute approximate surface area is 124 Å². The van der Waals surface area contributed by atoms with Gasteiger partial charge in [-0.1, -0.05) is 0 Å². The van der Waals surface area contributed by atoms with Gasteiger partial charge in [0.25, 0.3) is 0 Å². The number of carbonyl (C=O) groups is 1. The summed E-state index contributed by atoms with van der Waals surface area (Å²) in [5.41, 5.74) is 2.14. The number of fused-ring (bicyclic) bond motifs is 1. The summed E-state index contributed by atoms with van der Waals surface area (Å²) in [5, 5.41) is 4.52. The molecule has 0 unspecified atom stereocenters. The minimum atomic E-state index is -0.125. The number of nitrogens with zero attached hydrogens (tertiary/aromatic N) is 1. The SMILES string of the molecule is CCOC(=O)c1c(N2CCNCC2)sc2c1CCCC2. The second kappa shape index (κ2) is 6.14. The van der Waals surface area contributed by atoms with Crippen LogP contribution in [-0.2, 0) is 17.6 Å². The van der Waals surface area contributed by atoms with E-state index in [1.807, 2.05) is 18.3 Å². The number of rotatable bonds is 3. The van der Waals surface area contributed by atoms with E-state index in [-0.39, 0.29) is 5.97 Å². The van der Waals surface area contributed by atoms with Crippen LogP contribution in [-0.4, -0.2) is 38.8 Å². The first-order chi connectivity index (χ1) is 9.81. The highest BCUT2D eigenvalue weighted by molar-refractivity contribution is 7.16. The molecule has 110 valence electrons. The fourth-order valence-corrected chi connectivity index (χ4v) is 4.48. The predicted octanol–water partition coefficient (Wildman–Crippen LogP) is 2.21. The Bertz CT molecular complexity index is 492. The fourth-order valence-electron chi connectivity index (χ4n) is 3.06. The van der Waals surface area contributed by atoms with Gasteiger partial charge in [-0.15, -0.1) is 11.3 Å². The third-order valence-corrected chi connectivity index (χ3v) is 5.39. The largest absolute Gasteiger partial charge is 0.462 e. The van der Waals surface area contributed by atoms with Crippen LogP contribution < -0.4 is 10.2 Å². The summed E-state index contributed by atoms with van der Waals surface area (Å²) in [6, 6.07) is 0. The molecule has 1 aliphatic heterocycles. The molecule has 1 fully saturated rings. The Morgan fingerprint density at radius 1 is 1.30 bits per heavy atom. The van der Waals surface area contributed by atoms with E-state index >= 15 is 0 Å². The van der Waals surface area contributed by atoms with Gasteiger partial charge in [-0.3, -0.25) is 0 Å². The van der Waals surface area contributed by atoms with Gasteiger partial charge in [0.2, 0.25) is 0 Å². The van der Waals surface area contributed by atoms with E-state index in [9.17, 15) is 4.79 Å². The summed E-state index contributed by atoms with van der Waals surface area (Å²) < 4.78 is 5.31. The topological polar surface area (TPSA) is 41.6 Å². The summed E-state index contributed by atoms with van der Waals surface area (Å²) in [5.74, 6) is -0.125. The number of hydrogen-bond donors (Lipinski definition) is 1. The van der Waals surface area contributed by atoms with E-state index in [0.29, 0.717) is 6.61 Å². The van der Waals surface area contributed by atoms with Crippen LogP contribution in [0.15, 0.2) is 0 Å². The van der Waals surface area contributed by atoms with Crippen LogP contribution in [0.2, 0.25) is 0 Å². The van der Waals surface area contributed by atoms with Crippen LogP contribution in [0.5, 0.6) is 0 Å². The zero-order chi connectivity index (χ0) is 13.9. The van der Waals surface area contributed by atoms with Crippen LogP contribution in [0.3, 0.4) is 0 Å². The van der Waals surface area contributed by atoms with E-state index in [0.717, 1.165) is 49.6 Å². The Morgan fingerprint density at radius 3 is 2.80 bits per heavy atom. The molecule has 1 saturated heterocycles. The second-order valence-corrected chi connectivity index (χ2v) is 6.43. The Hall–Kier alpha value is -1.07. The number of thiophene rings is 1. The van der Waals surface area contributed by atoms with Crippen molar-refractivity contribution in [3.63, 3.8) is 0 Å². The van der Waals surface area contributed by atoms with Gasteiger partial charge in [0.1, 0.15) is 5.00 Å². The number of piperazine rings is 1. The van der Waals surface area contributed by atoms with Crippen molar-refractivity contribution in [2.45, 2.75) is 32.6 Å². The number of esters is 1. The van der Waals surface area contributed by atoms with E-state index < -0.39 is 0 Å². The molecule has 1 aliphatic carbocycles. The number of hydrogen-bond acceptors (Lipinski definition) is 5. The fraction of sp³-hybridized carbons (Fsp3) is 0.667. The third-order valence-electron chi connectivity index (χ3n) is 4.04. The van der Waals surface area contributed by atoms with Crippen molar-refractivity contribution < 1.29 is 9.53 Å². The maximum Gasteiger partial charge on any atom is 0.341 e. The molecule has 0 amide bonds. The summed E-state index contributed by atoms with van der Waals surface area (Å²) in [7, 11) is 0. The molecule has 1 N–H and O–H groups in total. The normalized spacial score (nSPS) is 18.8. The molecule has 0 bridgehead atoms. The first-order valence-corrected chi connectivity index (χ1v) is 8.40. The third kappa shape index (κ3) is 2.56. The highest BCUT2D eigenvalue weighted by Crippen LogP contribution is 2.40. The summed E-state index contributed by atoms with van der Waals surface area (Å²) in [6.07, 6.45) is 4.60. The van der Waals surface area contributed by atoms with Crippen LogP contribution >= 0.6 is 11.3 Å². The maximum atomic E-state index is 12.4. The lowest BCUT2D eigenvalue weighted by atomic mass is 9.95. The first kappa shape index (κ1) is 13.9. The zero-order valence-corrected chi connectivity index (χ0v) is 12.9. The van der Waals surface area contributed by atoms with Crippen molar-refractivity contribution in [1.29, 1.82) is 0 Å². The minimum Gasteiger partial charge on any atom is -0.462 e. The molecule has 2 aliphatic rings. The molecular formula is C15H22N2O2S. The Morgan fingerprint density at radius 2 is 2.05 bits per heavy atom. The number of ether oxygens (including phenoxy) is 1. The number of nitrogens with one attached hydrogen (secondary N) is 1. The quantitative estimate of drug-likeness (QED) is 0.868. The molecular weight excluding hydrogens is 272 g/mol. The summed E-state index contributed by atoms with van der Waals surface area (Å²) in [6.45, 7) is 6.26. The summed E-state index contributed by atoms with van der Waals surface area (Å²) in [4.78, 5) is 16.1. The monoisotopic (exact) mass is 294 g/mol. The van der Waals surface area contributed by atoms with Crippen molar-refractivity contribution in [1.82, 2.24) is 5.32 Å². The molecule has 20 heavy (non-hydrogen) atoms. The molecule has 5 heteroatoms. The van der Waals surface area contributed by atoms with Gasteiger partial charge in [-0.2, -0.15) is 0 Å². The minimum absolute atomic E-state index is 0.125. The average Bonchev–Trinajstić information content (AvgIpc) is 2.88. The van der Waals surface area contributed by atoms with Gasteiger partial charge >= 0.3 is 5.97 Å². The summed E-state index contributed by atoms with van der Waals surface area (Å²) >= 11 is 1.82. The van der Waals surface area contributed by atoms with Crippen molar-refractivity contribution >= 4 is 22.3 Å². The average molecular weight is 294 g/mol. The van der Waals surface area contributed by atoms with E-state index in [2.05, 4.69) is 10.2 Å². The van der Waals surface area contributed by atoms with Crippen LogP contribution in [0.1, 0.15) is 40.6 Å². The number of aryl methyl sites for hydroxylation is 1. The van der Waals surface area contributed by atoms with Crippen LogP contribution in [0.4, 0.5) is 5.00 Å². The number of anilines is 1. The predicted molar refractivity (Wildman–Crippen MR) is 82.0 cm³/mol. The number of carbonyl (C=O) groups excluding carboxylic acids is 1. The standard InChI is InChI=1S/C15H22N2O2S/c1-2-19-15(18)13-11-5-3-4-6-12(11)20-14(13)17-9-7-16-8-10-17/h16H,2-10H2,1H3. The molecule has 0 aromatic carbocycles. The second-order valence-electron chi connectivity index (χ2n) is 5.35. The lowest BCUT2D eigenvalue weighted by molar-refractivity contribution is 0.0526. The molecule has 0 radical (unpaired) electrons. The van der Waals surface area contributed by atoms with E-state index in [1.165, 1.54) is 23.3 Å².